The summed E-state index contributed by atoms with van der Waals surface area (Å²) in [4.78, 5) is 12.3. The van der Waals surface area contributed by atoms with Crippen LogP contribution in [0.1, 0.15) is 36.0 Å². The minimum Gasteiger partial charge on any atom is -0.349 e. The summed E-state index contributed by atoms with van der Waals surface area (Å²) in [6, 6.07) is 6.09. The number of carbonyl (C=O) groups is 1. The van der Waals surface area contributed by atoms with E-state index in [9.17, 15) is 4.79 Å². The first kappa shape index (κ1) is 12.7. The van der Waals surface area contributed by atoms with Gasteiger partial charge in [-0.3, -0.25) is 4.79 Å². The summed E-state index contributed by atoms with van der Waals surface area (Å²) in [6.45, 7) is 0. The lowest BCUT2D eigenvalue weighted by atomic mass is 9.95. The Morgan fingerprint density at radius 1 is 1.22 bits per heavy atom. The molecule has 2 fully saturated rings. The SMILES string of the molecule is O=C(NC1CC2CCC1C2)c1cc(Br)ccc1Br. The molecular weight excluding hydrogens is 358 g/mol. The van der Waals surface area contributed by atoms with Crippen LogP contribution in [-0.4, -0.2) is 11.9 Å². The van der Waals surface area contributed by atoms with Crippen LogP contribution in [0.2, 0.25) is 0 Å². The van der Waals surface area contributed by atoms with E-state index < -0.39 is 0 Å². The first-order valence-electron chi connectivity index (χ1n) is 6.39. The van der Waals surface area contributed by atoms with E-state index in [1.165, 1.54) is 25.7 Å². The van der Waals surface area contributed by atoms with Gasteiger partial charge in [0.25, 0.3) is 5.91 Å². The lowest BCUT2D eigenvalue weighted by Crippen LogP contribution is -2.38. The highest BCUT2D eigenvalue weighted by Gasteiger charge is 2.40. The van der Waals surface area contributed by atoms with E-state index in [-0.39, 0.29) is 5.91 Å². The number of carbonyl (C=O) groups excluding carboxylic acids is 1. The zero-order valence-electron chi connectivity index (χ0n) is 9.96. The average Bonchev–Trinajstić information content (AvgIpc) is 2.94. The van der Waals surface area contributed by atoms with Crippen LogP contribution in [0.5, 0.6) is 0 Å². The predicted molar refractivity (Wildman–Crippen MR) is 78.5 cm³/mol. The van der Waals surface area contributed by atoms with E-state index in [0.29, 0.717) is 17.5 Å². The van der Waals surface area contributed by atoms with Gasteiger partial charge in [0.2, 0.25) is 0 Å². The Morgan fingerprint density at radius 2 is 2.06 bits per heavy atom. The summed E-state index contributed by atoms with van der Waals surface area (Å²) in [6.07, 6.45) is 5.12. The molecule has 1 amide bonds. The van der Waals surface area contributed by atoms with Gasteiger partial charge in [-0.1, -0.05) is 22.4 Å². The van der Waals surface area contributed by atoms with E-state index in [4.69, 9.17) is 0 Å². The molecule has 1 aromatic carbocycles. The Hall–Kier alpha value is -0.350. The maximum absolute atomic E-state index is 12.3. The minimum absolute atomic E-state index is 0.0423. The van der Waals surface area contributed by atoms with Gasteiger partial charge in [-0.25, -0.2) is 0 Å². The summed E-state index contributed by atoms with van der Waals surface area (Å²) in [7, 11) is 0. The summed E-state index contributed by atoms with van der Waals surface area (Å²) in [5.41, 5.74) is 0.715. The molecule has 96 valence electrons. The molecule has 3 atom stereocenters. The molecule has 3 rings (SSSR count). The summed E-state index contributed by atoms with van der Waals surface area (Å²) >= 11 is 6.85. The van der Waals surface area contributed by atoms with Crippen LogP contribution >= 0.6 is 31.9 Å². The fourth-order valence-corrected chi connectivity index (χ4v) is 4.13. The Balaban J connectivity index is 1.73. The van der Waals surface area contributed by atoms with Crippen molar-refractivity contribution in [2.24, 2.45) is 11.8 Å². The summed E-state index contributed by atoms with van der Waals surface area (Å²) in [5, 5.41) is 3.20. The van der Waals surface area contributed by atoms with Crippen molar-refractivity contribution in [2.45, 2.75) is 31.7 Å². The standard InChI is InChI=1S/C14H15Br2NO/c15-10-3-4-12(16)11(7-10)14(18)17-13-6-8-1-2-9(13)5-8/h3-4,7-9,13H,1-2,5-6H2,(H,17,18). The molecule has 2 aliphatic carbocycles. The Morgan fingerprint density at radius 3 is 2.72 bits per heavy atom. The van der Waals surface area contributed by atoms with Gasteiger partial charge in [0.05, 0.1) is 5.56 Å². The van der Waals surface area contributed by atoms with Crippen LogP contribution in [0.25, 0.3) is 0 Å². The highest BCUT2D eigenvalue weighted by Crippen LogP contribution is 2.44. The van der Waals surface area contributed by atoms with Crippen molar-refractivity contribution >= 4 is 37.8 Å². The van der Waals surface area contributed by atoms with Gasteiger partial charge in [-0.05, 0) is 65.2 Å². The highest BCUT2D eigenvalue weighted by atomic mass is 79.9. The number of nitrogens with one attached hydrogen (secondary N) is 1. The molecule has 2 nitrogen and oxygen atoms in total. The average molecular weight is 373 g/mol. The third-order valence-corrected chi connectivity index (χ3v) is 5.41. The van der Waals surface area contributed by atoms with Crippen molar-refractivity contribution in [2.75, 3.05) is 0 Å². The molecular formula is C14H15Br2NO. The number of benzene rings is 1. The fourth-order valence-electron chi connectivity index (χ4n) is 3.34. The van der Waals surface area contributed by atoms with Gasteiger partial charge < -0.3 is 5.32 Å². The van der Waals surface area contributed by atoms with Crippen molar-refractivity contribution in [1.82, 2.24) is 5.32 Å². The molecule has 3 unspecified atom stereocenters. The molecule has 0 spiro atoms. The van der Waals surface area contributed by atoms with Gasteiger partial charge in [-0.2, -0.15) is 0 Å². The zero-order valence-corrected chi connectivity index (χ0v) is 13.1. The highest BCUT2D eigenvalue weighted by molar-refractivity contribution is 9.11. The molecule has 0 heterocycles. The molecule has 0 radical (unpaired) electrons. The molecule has 1 N–H and O–H groups in total. The lowest BCUT2D eigenvalue weighted by molar-refractivity contribution is 0.0922. The molecule has 0 aromatic heterocycles. The van der Waals surface area contributed by atoms with Crippen LogP contribution in [-0.2, 0) is 0 Å². The van der Waals surface area contributed by atoms with Crippen LogP contribution in [0.15, 0.2) is 27.1 Å². The third-order valence-electron chi connectivity index (χ3n) is 4.23. The first-order chi connectivity index (χ1) is 8.63. The fraction of sp³-hybridized carbons (Fsp3) is 0.500. The lowest BCUT2D eigenvalue weighted by Gasteiger charge is -2.23. The Bertz CT molecular complexity index is 489. The van der Waals surface area contributed by atoms with Crippen LogP contribution in [0.4, 0.5) is 0 Å². The quantitative estimate of drug-likeness (QED) is 0.830. The molecule has 4 heteroatoms. The molecule has 1 aromatic rings. The van der Waals surface area contributed by atoms with Gasteiger partial charge in [-0.15, -0.1) is 0 Å². The number of amides is 1. The molecule has 2 aliphatic rings. The maximum Gasteiger partial charge on any atom is 0.252 e. The number of hydrogen-bond acceptors (Lipinski definition) is 1. The van der Waals surface area contributed by atoms with Crippen LogP contribution in [0, 0.1) is 11.8 Å². The summed E-state index contributed by atoms with van der Waals surface area (Å²) < 4.78 is 1.79. The summed E-state index contributed by atoms with van der Waals surface area (Å²) in [5.74, 6) is 1.61. The number of rotatable bonds is 2. The van der Waals surface area contributed by atoms with Crippen LogP contribution < -0.4 is 5.32 Å². The number of hydrogen-bond donors (Lipinski definition) is 1. The van der Waals surface area contributed by atoms with E-state index in [0.717, 1.165) is 14.9 Å². The van der Waals surface area contributed by atoms with Crippen molar-refractivity contribution in [3.05, 3.63) is 32.7 Å². The molecule has 2 saturated carbocycles. The van der Waals surface area contributed by atoms with E-state index in [1.807, 2.05) is 18.2 Å². The zero-order chi connectivity index (χ0) is 12.7. The maximum atomic E-state index is 12.3. The van der Waals surface area contributed by atoms with Crippen molar-refractivity contribution in [1.29, 1.82) is 0 Å². The van der Waals surface area contributed by atoms with Gasteiger partial charge in [0.15, 0.2) is 0 Å². The van der Waals surface area contributed by atoms with E-state index in [1.54, 1.807) is 0 Å². The van der Waals surface area contributed by atoms with Gasteiger partial charge in [0, 0.05) is 15.0 Å². The molecule has 0 aliphatic heterocycles. The molecule has 2 bridgehead atoms. The monoisotopic (exact) mass is 371 g/mol. The van der Waals surface area contributed by atoms with Gasteiger partial charge in [0.1, 0.15) is 0 Å². The van der Waals surface area contributed by atoms with Crippen molar-refractivity contribution in [3.8, 4) is 0 Å². The largest absolute Gasteiger partial charge is 0.349 e. The van der Waals surface area contributed by atoms with Crippen LogP contribution in [0.3, 0.4) is 0 Å². The first-order valence-corrected chi connectivity index (χ1v) is 7.98. The number of halogens is 2. The second-order valence-corrected chi connectivity index (χ2v) is 7.15. The van der Waals surface area contributed by atoms with E-state index in [2.05, 4.69) is 37.2 Å². The van der Waals surface area contributed by atoms with Gasteiger partial charge >= 0.3 is 0 Å². The van der Waals surface area contributed by atoms with E-state index >= 15 is 0 Å². The van der Waals surface area contributed by atoms with Crippen molar-refractivity contribution in [3.63, 3.8) is 0 Å². The second kappa shape index (κ2) is 4.97. The van der Waals surface area contributed by atoms with Crippen molar-refractivity contribution < 1.29 is 4.79 Å². The number of fused-ring (bicyclic) bond motifs is 2. The topological polar surface area (TPSA) is 29.1 Å². The Kier molecular flexibility index (Phi) is 3.50. The smallest absolute Gasteiger partial charge is 0.252 e. The molecule has 18 heavy (non-hydrogen) atoms. The Labute approximate surface area is 124 Å². The second-order valence-electron chi connectivity index (χ2n) is 5.38. The minimum atomic E-state index is 0.0423. The third kappa shape index (κ3) is 2.37. The predicted octanol–water partition coefficient (Wildman–Crippen LogP) is 4.13. The molecule has 0 saturated heterocycles. The normalized spacial score (nSPS) is 29.6.